The van der Waals surface area contributed by atoms with Crippen molar-refractivity contribution >= 4 is 0 Å². The minimum Gasteiger partial charge on any atom is -0.373 e. The lowest BCUT2D eigenvalue weighted by molar-refractivity contribution is 0.387. The summed E-state index contributed by atoms with van der Waals surface area (Å²) < 4.78 is 5.22. The predicted octanol–water partition coefficient (Wildman–Crippen LogP) is 5.87. The van der Waals surface area contributed by atoms with Crippen molar-refractivity contribution in [3.63, 3.8) is 0 Å². The molecule has 0 spiro atoms. The molecule has 0 aliphatic carbocycles. The van der Waals surface area contributed by atoms with Crippen molar-refractivity contribution in [1.82, 2.24) is 0 Å². The largest absolute Gasteiger partial charge is 0.373 e. The molecule has 0 amide bonds. The third kappa shape index (κ3) is 11.1. The number of rotatable bonds is 14. The first kappa shape index (κ1) is 16.0. The molecular weight excluding hydrogens is 220 g/mol. The molecule has 1 nitrogen and oxygen atoms in total. The van der Waals surface area contributed by atoms with Gasteiger partial charge in [-0.25, -0.2) is 0 Å². The van der Waals surface area contributed by atoms with Crippen LogP contribution in [-0.2, 0) is 4.74 Å². The van der Waals surface area contributed by atoms with Crippen LogP contribution in [0.1, 0.15) is 96.8 Å². The van der Waals surface area contributed by atoms with Crippen molar-refractivity contribution in [3.05, 3.63) is 0 Å². The third-order valence-electron chi connectivity index (χ3n) is 4.03. The molecule has 1 atom stereocenters. The highest BCUT2D eigenvalue weighted by Crippen LogP contribution is 2.18. The quantitative estimate of drug-likeness (QED) is 0.279. The number of hydrogen-bond donors (Lipinski definition) is 0. The van der Waals surface area contributed by atoms with Gasteiger partial charge in [-0.3, -0.25) is 0 Å². The van der Waals surface area contributed by atoms with Gasteiger partial charge in [0.15, 0.2) is 0 Å². The number of unbranched alkanes of at least 4 members (excludes halogenated alkanes) is 12. The van der Waals surface area contributed by atoms with E-state index in [1.807, 2.05) is 0 Å². The Kier molecular flexibility index (Phi) is 10.7. The van der Waals surface area contributed by atoms with E-state index in [4.69, 9.17) is 4.74 Å². The van der Waals surface area contributed by atoms with E-state index in [1.165, 1.54) is 89.9 Å². The van der Waals surface area contributed by atoms with Crippen LogP contribution < -0.4 is 0 Å². The average Bonchev–Trinajstić information content (AvgIpc) is 3.19. The second-order valence-corrected chi connectivity index (χ2v) is 5.99. The zero-order valence-corrected chi connectivity index (χ0v) is 12.6. The predicted molar refractivity (Wildman–Crippen MR) is 80.1 cm³/mol. The summed E-state index contributed by atoms with van der Waals surface area (Å²) in [6.07, 6.45) is 20.8. The maximum Gasteiger partial charge on any atom is 0.0810 e. The van der Waals surface area contributed by atoms with E-state index in [9.17, 15) is 0 Å². The standard InChI is InChI=1S/C17H34O/c1-2-3-4-5-6-7-8-9-10-11-12-13-14-15-17-16-18-17/h17H,2-16H2,1H3. The maximum atomic E-state index is 5.22. The van der Waals surface area contributed by atoms with Gasteiger partial charge in [0.25, 0.3) is 0 Å². The zero-order chi connectivity index (χ0) is 12.9. The lowest BCUT2D eigenvalue weighted by Crippen LogP contribution is -1.86. The Bertz CT molecular complexity index is 163. The number of epoxide rings is 1. The first-order valence-electron chi connectivity index (χ1n) is 8.55. The summed E-state index contributed by atoms with van der Waals surface area (Å²) in [4.78, 5) is 0. The Labute approximate surface area is 115 Å². The molecule has 1 rings (SSSR count). The molecule has 1 aliphatic rings. The molecule has 1 aliphatic heterocycles. The van der Waals surface area contributed by atoms with Gasteiger partial charge in [-0.2, -0.15) is 0 Å². The second kappa shape index (κ2) is 12.0. The van der Waals surface area contributed by atoms with E-state index in [-0.39, 0.29) is 0 Å². The van der Waals surface area contributed by atoms with Gasteiger partial charge < -0.3 is 4.74 Å². The molecule has 0 aromatic carbocycles. The summed E-state index contributed by atoms with van der Waals surface area (Å²) in [5.41, 5.74) is 0. The molecule has 0 saturated carbocycles. The topological polar surface area (TPSA) is 12.5 Å². The molecule has 108 valence electrons. The van der Waals surface area contributed by atoms with Gasteiger partial charge in [0, 0.05) is 0 Å². The Morgan fingerprint density at radius 1 is 0.667 bits per heavy atom. The van der Waals surface area contributed by atoms with Crippen LogP contribution in [-0.4, -0.2) is 12.7 Å². The molecule has 18 heavy (non-hydrogen) atoms. The third-order valence-corrected chi connectivity index (χ3v) is 4.03. The molecule has 1 unspecified atom stereocenters. The molecule has 1 saturated heterocycles. The van der Waals surface area contributed by atoms with Crippen LogP contribution in [0.2, 0.25) is 0 Å². The van der Waals surface area contributed by atoms with Gasteiger partial charge in [-0.1, -0.05) is 90.4 Å². The van der Waals surface area contributed by atoms with Crippen molar-refractivity contribution in [2.24, 2.45) is 0 Å². The summed E-state index contributed by atoms with van der Waals surface area (Å²) in [6, 6.07) is 0. The maximum absolute atomic E-state index is 5.22. The first-order valence-corrected chi connectivity index (χ1v) is 8.55. The van der Waals surface area contributed by atoms with Crippen LogP contribution in [0.15, 0.2) is 0 Å². The van der Waals surface area contributed by atoms with E-state index in [2.05, 4.69) is 6.92 Å². The molecule has 0 aromatic heterocycles. The van der Waals surface area contributed by atoms with E-state index in [1.54, 1.807) is 0 Å². The van der Waals surface area contributed by atoms with Gasteiger partial charge in [0.2, 0.25) is 0 Å². The van der Waals surface area contributed by atoms with Crippen LogP contribution in [0.4, 0.5) is 0 Å². The molecule has 1 heterocycles. The fraction of sp³-hybridized carbons (Fsp3) is 1.00. The van der Waals surface area contributed by atoms with Crippen LogP contribution in [0.25, 0.3) is 0 Å². The first-order chi connectivity index (χ1) is 8.93. The Hall–Kier alpha value is -0.0400. The number of ether oxygens (including phenoxy) is 1. The summed E-state index contributed by atoms with van der Waals surface area (Å²) in [6.45, 7) is 3.33. The lowest BCUT2D eigenvalue weighted by atomic mass is 10.0. The van der Waals surface area contributed by atoms with Crippen LogP contribution >= 0.6 is 0 Å². The molecule has 0 bridgehead atoms. The fourth-order valence-corrected chi connectivity index (χ4v) is 2.62. The van der Waals surface area contributed by atoms with Crippen molar-refractivity contribution in [2.45, 2.75) is 103 Å². The van der Waals surface area contributed by atoms with E-state index in [0.29, 0.717) is 6.10 Å². The van der Waals surface area contributed by atoms with Crippen molar-refractivity contribution in [2.75, 3.05) is 6.61 Å². The summed E-state index contributed by atoms with van der Waals surface area (Å²) in [7, 11) is 0. The van der Waals surface area contributed by atoms with Gasteiger partial charge in [0.05, 0.1) is 12.7 Å². The summed E-state index contributed by atoms with van der Waals surface area (Å²) in [5.74, 6) is 0. The van der Waals surface area contributed by atoms with Crippen molar-refractivity contribution in [3.8, 4) is 0 Å². The Morgan fingerprint density at radius 3 is 1.44 bits per heavy atom. The highest BCUT2D eigenvalue weighted by molar-refractivity contribution is 4.68. The smallest absolute Gasteiger partial charge is 0.0810 e. The zero-order valence-electron chi connectivity index (χ0n) is 12.6. The monoisotopic (exact) mass is 254 g/mol. The van der Waals surface area contributed by atoms with E-state index < -0.39 is 0 Å². The second-order valence-electron chi connectivity index (χ2n) is 5.99. The van der Waals surface area contributed by atoms with Crippen LogP contribution in [0, 0.1) is 0 Å². The fourth-order valence-electron chi connectivity index (χ4n) is 2.62. The Balaban J connectivity index is 1.60. The lowest BCUT2D eigenvalue weighted by Gasteiger charge is -2.02. The minimum absolute atomic E-state index is 0.651. The summed E-state index contributed by atoms with van der Waals surface area (Å²) >= 11 is 0. The minimum atomic E-state index is 0.651. The number of hydrogen-bond acceptors (Lipinski definition) is 1. The van der Waals surface area contributed by atoms with Crippen molar-refractivity contribution < 1.29 is 4.74 Å². The van der Waals surface area contributed by atoms with E-state index >= 15 is 0 Å². The SMILES string of the molecule is CCCCCCCCCCCCCCCC1CO1. The van der Waals surface area contributed by atoms with Gasteiger partial charge in [0.1, 0.15) is 0 Å². The molecule has 1 heteroatoms. The van der Waals surface area contributed by atoms with Crippen LogP contribution in [0.3, 0.4) is 0 Å². The Morgan fingerprint density at radius 2 is 1.06 bits per heavy atom. The summed E-state index contributed by atoms with van der Waals surface area (Å²) in [5, 5.41) is 0. The molecule has 0 aromatic rings. The molecule has 0 N–H and O–H groups in total. The van der Waals surface area contributed by atoms with Crippen molar-refractivity contribution in [1.29, 1.82) is 0 Å². The molecule has 1 fully saturated rings. The van der Waals surface area contributed by atoms with E-state index in [0.717, 1.165) is 6.61 Å². The van der Waals surface area contributed by atoms with Gasteiger partial charge in [-0.05, 0) is 6.42 Å². The average molecular weight is 254 g/mol. The normalized spacial score (nSPS) is 18.2. The van der Waals surface area contributed by atoms with Gasteiger partial charge in [-0.15, -0.1) is 0 Å². The van der Waals surface area contributed by atoms with Gasteiger partial charge >= 0.3 is 0 Å². The highest BCUT2D eigenvalue weighted by atomic mass is 16.6. The highest BCUT2D eigenvalue weighted by Gasteiger charge is 2.20. The van der Waals surface area contributed by atoms with Crippen LogP contribution in [0.5, 0.6) is 0 Å². The molecule has 0 radical (unpaired) electrons. The molecular formula is C17H34O.